The van der Waals surface area contributed by atoms with E-state index >= 15 is 0 Å². The number of carbonyl (C=O) groups excluding carboxylic acids is 2. The van der Waals surface area contributed by atoms with Gasteiger partial charge in [-0.25, -0.2) is 0 Å². The summed E-state index contributed by atoms with van der Waals surface area (Å²) < 4.78 is 29.9. The van der Waals surface area contributed by atoms with E-state index in [1.54, 1.807) is 27.7 Å². The molecule has 182 valence electrons. The highest BCUT2D eigenvalue weighted by Gasteiger charge is 2.62. The van der Waals surface area contributed by atoms with Gasteiger partial charge in [-0.15, -0.1) is 0 Å². The fraction of sp³-hybridized carbons (Fsp3) is 0.667. The Morgan fingerprint density at radius 3 is 2.09 bits per heavy atom. The Bertz CT molecular complexity index is 899. The van der Waals surface area contributed by atoms with E-state index in [0.29, 0.717) is 5.69 Å². The van der Waals surface area contributed by atoms with E-state index in [4.69, 9.17) is 23.7 Å². The van der Waals surface area contributed by atoms with Crippen LogP contribution < -0.4 is 10.6 Å². The first-order chi connectivity index (χ1) is 15.3. The molecule has 6 atom stereocenters. The number of amides is 2. The van der Waals surface area contributed by atoms with Crippen molar-refractivity contribution in [3.63, 3.8) is 0 Å². The lowest BCUT2D eigenvalue weighted by Crippen LogP contribution is -2.61. The number of rotatable bonds is 5. The van der Waals surface area contributed by atoms with Crippen LogP contribution in [0, 0.1) is 12.8 Å². The van der Waals surface area contributed by atoms with Gasteiger partial charge in [-0.05, 0) is 52.7 Å². The van der Waals surface area contributed by atoms with Crippen LogP contribution >= 0.6 is 0 Å². The van der Waals surface area contributed by atoms with Crippen molar-refractivity contribution in [2.75, 3.05) is 5.32 Å². The van der Waals surface area contributed by atoms with Crippen LogP contribution in [0.5, 0.6) is 0 Å². The quantitative estimate of drug-likeness (QED) is 0.693. The molecule has 9 heteroatoms. The molecule has 33 heavy (non-hydrogen) atoms. The molecule has 4 rings (SSSR count). The predicted octanol–water partition coefficient (Wildman–Crippen LogP) is 2.47. The third-order valence-electron chi connectivity index (χ3n) is 5.98. The van der Waals surface area contributed by atoms with Crippen LogP contribution in [0.3, 0.4) is 0 Å². The maximum Gasteiger partial charge on any atom is 0.252 e. The number of nitrogens with one attached hydrogen (secondary N) is 2. The molecular formula is C24H34N2O7. The van der Waals surface area contributed by atoms with Crippen LogP contribution in [-0.2, 0) is 33.3 Å². The summed E-state index contributed by atoms with van der Waals surface area (Å²) in [5.74, 6) is -2.72. The largest absolute Gasteiger partial charge is 0.342 e. The highest BCUT2D eigenvalue weighted by Crippen LogP contribution is 2.44. The number of benzene rings is 1. The zero-order valence-electron chi connectivity index (χ0n) is 20.2. The molecule has 3 fully saturated rings. The van der Waals surface area contributed by atoms with E-state index in [1.165, 1.54) is 0 Å². The van der Waals surface area contributed by atoms with Crippen LogP contribution in [0.25, 0.3) is 0 Å². The van der Waals surface area contributed by atoms with E-state index in [-0.39, 0.29) is 11.8 Å². The molecular weight excluding hydrogens is 428 g/mol. The average molecular weight is 463 g/mol. The standard InChI is InChI=1S/C24H34N2O7/c1-12(2)15(20(27)25-14-10-8-13(3)9-11-14)26-21(28)18-16-17(31-23(4,5)30-16)19-22(29-18)33-24(6,7)32-19/h8-12,15-19,22H,1-7H3,(H,25,27)(H,26,28). The maximum atomic E-state index is 13.4. The zero-order chi connectivity index (χ0) is 24.1. The van der Waals surface area contributed by atoms with Gasteiger partial charge >= 0.3 is 0 Å². The van der Waals surface area contributed by atoms with Crippen LogP contribution in [0.4, 0.5) is 5.69 Å². The molecule has 0 radical (unpaired) electrons. The Labute approximate surface area is 194 Å². The molecule has 0 aliphatic carbocycles. The topological polar surface area (TPSA) is 104 Å². The molecule has 3 aliphatic heterocycles. The number of carbonyl (C=O) groups is 2. The van der Waals surface area contributed by atoms with E-state index in [0.717, 1.165) is 5.56 Å². The van der Waals surface area contributed by atoms with Gasteiger partial charge in [0.15, 0.2) is 24.0 Å². The van der Waals surface area contributed by atoms with E-state index < -0.39 is 54.2 Å². The van der Waals surface area contributed by atoms with Gasteiger partial charge in [0, 0.05) is 5.69 Å². The lowest BCUT2D eigenvalue weighted by molar-refractivity contribution is -0.231. The third-order valence-corrected chi connectivity index (χ3v) is 5.98. The second kappa shape index (κ2) is 8.63. The van der Waals surface area contributed by atoms with Crippen molar-refractivity contribution in [2.45, 2.75) is 96.8 Å². The molecule has 0 bridgehead atoms. The van der Waals surface area contributed by atoms with Crippen molar-refractivity contribution in [1.29, 1.82) is 0 Å². The molecule has 1 aromatic rings. The lowest BCUT2D eigenvalue weighted by Gasteiger charge is -2.37. The Morgan fingerprint density at radius 2 is 1.45 bits per heavy atom. The van der Waals surface area contributed by atoms with Gasteiger partial charge in [0.2, 0.25) is 5.91 Å². The smallest absolute Gasteiger partial charge is 0.252 e. The minimum absolute atomic E-state index is 0.159. The normalized spacial score (nSPS) is 32.7. The summed E-state index contributed by atoms with van der Waals surface area (Å²) in [4.78, 5) is 26.4. The number of ether oxygens (including phenoxy) is 5. The second-order valence-corrected chi connectivity index (χ2v) is 10.2. The van der Waals surface area contributed by atoms with Crippen molar-refractivity contribution in [3.8, 4) is 0 Å². The van der Waals surface area contributed by atoms with Gasteiger partial charge in [0.25, 0.3) is 5.91 Å². The highest BCUT2D eigenvalue weighted by atomic mass is 16.9. The van der Waals surface area contributed by atoms with Gasteiger partial charge in [-0.2, -0.15) is 0 Å². The molecule has 0 aromatic heterocycles. The Morgan fingerprint density at radius 1 is 0.879 bits per heavy atom. The number of hydrogen-bond acceptors (Lipinski definition) is 7. The third kappa shape index (κ3) is 5.07. The Balaban J connectivity index is 1.50. The first-order valence-corrected chi connectivity index (χ1v) is 11.4. The molecule has 6 unspecified atom stereocenters. The minimum atomic E-state index is -1.02. The summed E-state index contributed by atoms with van der Waals surface area (Å²) in [6.45, 7) is 12.8. The van der Waals surface area contributed by atoms with Crippen LogP contribution in [0.2, 0.25) is 0 Å². The second-order valence-electron chi connectivity index (χ2n) is 10.2. The molecule has 9 nitrogen and oxygen atoms in total. The van der Waals surface area contributed by atoms with Crippen LogP contribution in [0.1, 0.15) is 47.1 Å². The number of aryl methyl sites for hydroxylation is 1. The molecule has 1 aromatic carbocycles. The molecule has 3 heterocycles. The maximum absolute atomic E-state index is 13.4. The number of fused-ring (bicyclic) bond motifs is 3. The highest BCUT2D eigenvalue weighted by molar-refractivity contribution is 5.98. The van der Waals surface area contributed by atoms with Crippen molar-refractivity contribution >= 4 is 17.5 Å². The lowest BCUT2D eigenvalue weighted by atomic mass is 9.97. The van der Waals surface area contributed by atoms with E-state index in [2.05, 4.69) is 10.6 Å². The number of hydrogen-bond donors (Lipinski definition) is 2. The van der Waals surface area contributed by atoms with Gasteiger partial charge in [0.1, 0.15) is 24.4 Å². The summed E-state index contributed by atoms with van der Waals surface area (Å²) in [7, 11) is 0. The van der Waals surface area contributed by atoms with Gasteiger partial charge in [0.05, 0.1) is 0 Å². The first-order valence-electron chi connectivity index (χ1n) is 11.4. The summed E-state index contributed by atoms with van der Waals surface area (Å²) in [5.41, 5.74) is 1.75. The van der Waals surface area contributed by atoms with Crippen molar-refractivity contribution in [1.82, 2.24) is 5.32 Å². The predicted molar refractivity (Wildman–Crippen MR) is 119 cm³/mol. The summed E-state index contributed by atoms with van der Waals surface area (Å²) >= 11 is 0. The van der Waals surface area contributed by atoms with E-state index in [1.807, 2.05) is 45.0 Å². The van der Waals surface area contributed by atoms with Crippen LogP contribution in [-0.4, -0.2) is 60.1 Å². The first kappa shape index (κ1) is 24.1. The summed E-state index contributed by atoms with van der Waals surface area (Å²) in [6.07, 6.45) is -3.58. The Hall–Kier alpha value is -2.04. The number of anilines is 1. The Kier molecular flexibility index (Phi) is 6.30. The average Bonchev–Trinajstić information content (AvgIpc) is 3.20. The summed E-state index contributed by atoms with van der Waals surface area (Å²) in [5, 5.41) is 5.72. The molecule has 3 aliphatic rings. The fourth-order valence-electron chi connectivity index (χ4n) is 4.45. The molecule has 2 N–H and O–H groups in total. The SMILES string of the molecule is Cc1ccc(NC(=O)C(NC(=O)C2OC3OC(C)(C)OC3C3OC(C)(C)OC23)C(C)C)cc1. The minimum Gasteiger partial charge on any atom is -0.342 e. The fourth-order valence-corrected chi connectivity index (χ4v) is 4.45. The molecule has 3 saturated heterocycles. The summed E-state index contributed by atoms with van der Waals surface area (Å²) in [6, 6.07) is 6.70. The monoisotopic (exact) mass is 462 g/mol. The van der Waals surface area contributed by atoms with Crippen molar-refractivity contribution < 1.29 is 33.3 Å². The van der Waals surface area contributed by atoms with Crippen molar-refractivity contribution in [3.05, 3.63) is 29.8 Å². The van der Waals surface area contributed by atoms with Crippen molar-refractivity contribution in [2.24, 2.45) is 5.92 Å². The molecule has 0 saturated carbocycles. The molecule has 0 spiro atoms. The van der Waals surface area contributed by atoms with Gasteiger partial charge < -0.3 is 34.3 Å². The zero-order valence-corrected chi connectivity index (χ0v) is 20.2. The van der Waals surface area contributed by atoms with E-state index in [9.17, 15) is 9.59 Å². The van der Waals surface area contributed by atoms with Gasteiger partial charge in [-0.3, -0.25) is 9.59 Å². The van der Waals surface area contributed by atoms with Gasteiger partial charge in [-0.1, -0.05) is 31.5 Å². The molecule has 2 amide bonds. The van der Waals surface area contributed by atoms with Crippen LogP contribution in [0.15, 0.2) is 24.3 Å².